The number of hydrogen-bond acceptors (Lipinski definition) is 8. The average molecular weight is 913 g/mol. The van der Waals surface area contributed by atoms with E-state index in [2.05, 4.69) is 40.2 Å². The minimum absolute atomic E-state index is 0.113. The van der Waals surface area contributed by atoms with Crippen LogP contribution in [0.3, 0.4) is 0 Å². The molecule has 9 aromatic rings. The third-order valence-corrected chi connectivity index (χ3v) is 12.2. The molecule has 1 atom stereocenters. The molecule has 69 heavy (non-hydrogen) atoms. The number of furan rings is 1. The Labute approximate surface area is 399 Å². The number of nitrogens with zero attached hydrogens (tertiary/aromatic N) is 3. The van der Waals surface area contributed by atoms with Crippen molar-refractivity contribution in [2.75, 3.05) is 18.5 Å². The molecule has 3 N–H and O–H groups in total. The summed E-state index contributed by atoms with van der Waals surface area (Å²) in [5.74, 6) is 0.244. The van der Waals surface area contributed by atoms with Gasteiger partial charge >= 0.3 is 6.09 Å². The Hall–Kier alpha value is -8.77. The maximum absolute atomic E-state index is 13.9. The number of anilines is 1. The summed E-state index contributed by atoms with van der Waals surface area (Å²) in [5, 5.41) is 8.34. The molecular weight excluding hydrogens is 865 g/mol. The predicted octanol–water partition coefficient (Wildman–Crippen LogP) is 9.95. The first-order chi connectivity index (χ1) is 33.9. The minimum Gasteiger partial charge on any atom is -0.472 e. The lowest BCUT2D eigenvalue weighted by Crippen LogP contribution is -2.48. The van der Waals surface area contributed by atoms with E-state index in [1.165, 1.54) is 0 Å². The van der Waals surface area contributed by atoms with Gasteiger partial charge in [0.1, 0.15) is 37.3 Å². The van der Waals surface area contributed by atoms with Crippen LogP contribution in [-0.4, -0.2) is 51.5 Å². The van der Waals surface area contributed by atoms with Crippen molar-refractivity contribution in [2.45, 2.75) is 37.8 Å². The van der Waals surface area contributed by atoms with E-state index < -0.39 is 23.9 Å². The summed E-state index contributed by atoms with van der Waals surface area (Å²) in [4.78, 5) is 50.3. The summed E-state index contributed by atoms with van der Waals surface area (Å²) in [5.41, 5.74) is 11.7. The van der Waals surface area contributed by atoms with Crippen LogP contribution < -0.4 is 20.7 Å². The molecule has 0 bridgehead atoms. The number of carbonyl (C=O) groups excluding carboxylic acids is 3. The van der Waals surface area contributed by atoms with E-state index >= 15 is 0 Å². The summed E-state index contributed by atoms with van der Waals surface area (Å²) in [6.07, 6.45) is 4.09. The molecule has 12 nitrogen and oxygen atoms in total. The topological polar surface area (TPSA) is 149 Å². The standard InChI is InChI=1S/C57H48N6O6/c64-53(34-58-57(66)69-37-48-46-24-12-10-22-44(46)45-23-11-13-25-47(45)48)61-50(32-39-17-6-2-7-18-39)55(65)59-42-28-26-40(27-29-42)36-68-56-51(33-43-21-14-30-67-43)62-54-49(31-38-15-4-1-5-16-38)60-52(35-63(54)56)41-19-8-3-9-20-41/h1-30,35,48,50H,31-34,36-37H2,(H,58,66)(H,59,65)(H,61,64). The molecule has 0 saturated carbocycles. The molecule has 12 heteroatoms. The second-order valence-corrected chi connectivity index (χ2v) is 16.9. The van der Waals surface area contributed by atoms with Crippen LogP contribution in [0.15, 0.2) is 193 Å². The van der Waals surface area contributed by atoms with E-state index in [1.54, 1.807) is 18.4 Å². The van der Waals surface area contributed by atoms with Gasteiger partial charge in [-0.05, 0) is 63.2 Å². The number of carbonyl (C=O) groups is 3. The smallest absolute Gasteiger partial charge is 0.407 e. The Bertz CT molecular complexity index is 3170. The molecule has 1 aliphatic carbocycles. The molecule has 342 valence electrons. The quantitative estimate of drug-likeness (QED) is 0.0818. The first-order valence-electron chi connectivity index (χ1n) is 22.9. The largest absolute Gasteiger partial charge is 0.472 e. The van der Waals surface area contributed by atoms with Gasteiger partial charge in [0.15, 0.2) is 5.65 Å². The van der Waals surface area contributed by atoms with Crippen LogP contribution in [0.5, 0.6) is 5.88 Å². The Balaban J connectivity index is 0.811. The van der Waals surface area contributed by atoms with E-state index in [0.717, 1.165) is 61.7 Å². The molecule has 0 spiro atoms. The highest BCUT2D eigenvalue weighted by Gasteiger charge is 2.29. The zero-order chi connectivity index (χ0) is 46.9. The maximum atomic E-state index is 13.9. The van der Waals surface area contributed by atoms with Crippen molar-refractivity contribution in [3.8, 4) is 28.3 Å². The summed E-state index contributed by atoms with van der Waals surface area (Å²) in [6, 6.07) is 56.0. The predicted molar refractivity (Wildman–Crippen MR) is 264 cm³/mol. The molecule has 0 radical (unpaired) electrons. The number of hydrogen-bond donors (Lipinski definition) is 3. The van der Waals surface area contributed by atoms with Gasteiger partial charge in [-0.25, -0.2) is 14.8 Å². The summed E-state index contributed by atoms with van der Waals surface area (Å²) in [6.45, 7) is -0.0617. The zero-order valence-electron chi connectivity index (χ0n) is 37.6. The molecule has 3 heterocycles. The molecule has 1 unspecified atom stereocenters. The fraction of sp³-hybridized carbons (Fsp3) is 0.140. The number of ether oxygens (including phenoxy) is 2. The van der Waals surface area contributed by atoms with Crippen molar-refractivity contribution < 1.29 is 28.3 Å². The van der Waals surface area contributed by atoms with Gasteiger partial charge in [0.05, 0.1) is 24.1 Å². The first kappa shape index (κ1) is 44.1. The molecule has 0 saturated heterocycles. The average Bonchev–Trinajstić information content (AvgIpc) is 4.12. The molecule has 6 aromatic carbocycles. The number of fused-ring (bicyclic) bond motifs is 4. The van der Waals surface area contributed by atoms with Crippen molar-refractivity contribution in [1.82, 2.24) is 25.0 Å². The van der Waals surface area contributed by atoms with Crippen LogP contribution in [0, 0.1) is 0 Å². The lowest BCUT2D eigenvalue weighted by atomic mass is 9.98. The third kappa shape index (κ3) is 10.3. The molecule has 0 aliphatic heterocycles. The van der Waals surface area contributed by atoms with Crippen molar-refractivity contribution in [3.63, 3.8) is 0 Å². The van der Waals surface area contributed by atoms with Crippen molar-refractivity contribution >= 4 is 29.2 Å². The van der Waals surface area contributed by atoms with Gasteiger partial charge in [-0.1, -0.05) is 152 Å². The molecule has 1 aliphatic rings. The van der Waals surface area contributed by atoms with Crippen LogP contribution in [0.25, 0.3) is 28.0 Å². The van der Waals surface area contributed by atoms with Crippen LogP contribution in [0.4, 0.5) is 10.5 Å². The fourth-order valence-corrected chi connectivity index (χ4v) is 8.81. The molecule has 3 aromatic heterocycles. The number of benzene rings is 6. The third-order valence-electron chi connectivity index (χ3n) is 12.2. The van der Waals surface area contributed by atoms with Gasteiger partial charge in [0, 0.05) is 36.2 Å². The van der Waals surface area contributed by atoms with Crippen molar-refractivity contribution in [1.29, 1.82) is 0 Å². The van der Waals surface area contributed by atoms with E-state index in [1.807, 2.05) is 150 Å². The van der Waals surface area contributed by atoms with Gasteiger partial charge in [0.2, 0.25) is 17.7 Å². The van der Waals surface area contributed by atoms with E-state index in [9.17, 15) is 14.4 Å². The SMILES string of the molecule is O=C(CNC(=O)OCC1c2ccccc2-c2ccccc21)NC(Cc1ccccc1)C(=O)Nc1ccc(COc2c(Cc3ccco3)nc3c(Cc4ccccc4)nc(-c4ccccc4)cn23)cc1. The number of rotatable bonds is 17. The Morgan fingerprint density at radius 3 is 1.99 bits per heavy atom. The van der Waals surface area contributed by atoms with E-state index in [4.69, 9.17) is 23.9 Å². The number of amides is 3. The second-order valence-electron chi connectivity index (χ2n) is 16.9. The summed E-state index contributed by atoms with van der Waals surface area (Å²) < 4.78 is 20.0. The fourth-order valence-electron chi connectivity index (χ4n) is 8.81. The maximum Gasteiger partial charge on any atom is 0.407 e. The number of aromatic nitrogens is 3. The summed E-state index contributed by atoms with van der Waals surface area (Å²) in [7, 11) is 0. The highest BCUT2D eigenvalue weighted by atomic mass is 16.5. The second kappa shape index (κ2) is 20.4. The Kier molecular flexibility index (Phi) is 13.0. The number of imidazole rings is 1. The molecule has 0 fully saturated rings. The van der Waals surface area contributed by atoms with Crippen molar-refractivity contribution in [2.24, 2.45) is 0 Å². The molecule has 10 rings (SSSR count). The lowest BCUT2D eigenvalue weighted by Gasteiger charge is -2.19. The van der Waals surface area contributed by atoms with Gasteiger partial charge < -0.3 is 29.8 Å². The van der Waals surface area contributed by atoms with Gasteiger partial charge in [-0.2, -0.15) is 0 Å². The van der Waals surface area contributed by atoms with Gasteiger partial charge in [0.25, 0.3) is 0 Å². The normalized spacial score (nSPS) is 12.2. The highest BCUT2D eigenvalue weighted by molar-refractivity contribution is 5.98. The Morgan fingerprint density at radius 1 is 0.652 bits per heavy atom. The minimum atomic E-state index is -0.947. The summed E-state index contributed by atoms with van der Waals surface area (Å²) >= 11 is 0. The molecule has 3 amide bonds. The van der Waals surface area contributed by atoms with Crippen molar-refractivity contribution in [3.05, 3.63) is 233 Å². The van der Waals surface area contributed by atoms with Crippen LogP contribution in [0.2, 0.25) is 0 Å². The van der Waals surface area contributed by atoms with Gasteiger partial charge in [-0.15, -0.1) is 0 Å². The monoisotopic (exact) mass is 912 g/mol. The van der Waals surface area contributed by atoms with Gasteiger partial charge in [-0.3, -0.25) is 14.0 Å². The van der Waals surface area contributed by atoms with E-state index in [-0.39, 0.29) is 32.1 Å². The molecular formula is C57H48N6O6. The van der Waals surface area contributed by atoms with Crippen LogP contribution in [0.1, 0.15) is 50.9 Å². The number of nitrogens with one attached hydrogen (secondary N) is 3. The zero-order valence-corrected chi connectivity index (χ0v) is 37.6. The Morgan fingerprint density at radius 2 is 1.30 bits per heavy atom. The van der Waals surface area contributed by atoms with Crippen LogP contribution in [-0.2, 0) is 40.2 Å². The lowest BCUT2D eigenvalue weighted by molar-refractivity contribution is -0.125. The first-order valence-corrected chi connectivity index (χ1v) is 22.9. The highest BCUT2D eigenvalue weighted by Crippen LogP contribution is 2.44. The van der Waals surface area contributed by atoms with E-state index in [0.29, 0.717) is 35.8 Å². The number of alkyl carbamates (subject to hydrolysis) is 1. The van der Waals surface area contributed by atoms with Crippen LogP contribution >= 0.6 is 0 Å².